The molecule has 0 aromatic carbocycles. The van der Waals surface area contributed by atoms with Gasteiger partial charge in [-0.1, -0.05) is 0 Å². The number of aromatic nitrogens is 2. The second-order valence-electron chi connectivity index (χ2n) is 6.87. The molecule has 3 N–H and O–H groups in total. The van der Waals surface area contributed by atoms with Crippen LogP contribution in [0.3, 0.4) is 0 Å². The molecule has 0 bridgehead atoms. The first-order valence-electron chi connectivity index (χ1n) is 8.74. The van der Waals surface area contributed by atoms with Gasteiger partial charge in [-0.05, 0) is 11.8 Å². The number of carboxylic acids is 2. The summed E-state index contributed by atoms with van der Waals surface area (Å²) in [5.74, 6) is -2.73. The van der Waals surface area contributed by atoms with Gasteiger partial charge in [0.1, 0.15) is 11.8 Å². The molecule has 3 heterocycles. The number of hydrogen-bond donors (Lipinski definition) is 3. The van der Waals surface area contributed by atoms with Crippen LogP contribution in [0.2, 0.25) is 0 Å². The summed E-state index contributed by atoms with van der Waals surface area (Å²) in [5, 5.41) is 35.2. The lowest BCUT2D eigenvalue weighted by Crippen LogP contribution is -2.53. The fourth-order valence-corrected chi connectivity index (χ4v) is 3.08. The Balaban J connectivity index is 0.000000343. The molecular formula is C16H21N5O9. The fraction of sp³-hybridized carbons (Fsp3) is 0.500. The van der Waals surface area contributed by atoms with Gasteiger partial charge >= 0.3 is 29.9 Å². The molecule has 1 aromatic rings. The quantitative estimate of drug-likeness (QED) is 0.324. The molecule has 1 amide bonds. The number of fused-ring (bicyclic) bond motifs is 1. The van der Waals surface area contributed by atoms with E-state index in [9.17, 15) is 24.5 Å². The SMILES string of the molecule is CC1(CN2CCN(C(=O)O)CC2)Cn2cc([N+](=O)[O-])nc2O1.O=C(O)C=CC(=O)O. The first-order valence-corrected chi connectivity index (χ1v) is 8.74. The van der Waals surface area contributed by atoms with Gasteiger partial charge < -0.3 is 35.1 Å². The molecule has 0 spiro atoms. The van der Waals surface area contributed by atoms with E-state index in [0.717, 1.165) is 0 Å². The Kier molecular flexibility index (Phi) is 6.94. The van der Waals surface area contributed by atoms with Crippen molar-refractivity contribution in [2.45, 2.75) is 19.1 Å². The number of hydrogen-bond acceptors (Lipinski definition) is 8. The van der Waals surface area contributed by atoms with E-state index in [0.29, 0.717) is 51.4 Å². The topological polar surface area (TPSA) is 189 Å². The fourth-order valence-electron chi connectivity index (χ4n) is 3.08. The van der Waals surface area contributed by atoms with Gasteiger partial charge in [0.15, 0.2) is 0 Å². The average molecular weight is 427 g/mol. The predicted octanol–water partition coefficient (Wildman–Crippen LogP) is -0.0502. The Morgan fingerprint density at radius 3 is 2.20 bits per heavy atom. The lowest BCUT2D eigenvalue weighted by molar-refractivity contribution is -0.389. The van der Waals surface area contributed by atoms with Crippen molar-refractivity contribution in [1.82, 2.24) is 19.4 Å². The molecule has 164 valence electrons. The predicted molar refractivity (Wildman–Crippen MR) is 98.4 cm³/mol. The molecule has 14 nitrogen and oxygen atoms in total. The Hall–Kier alpha value is -3.68. The molecule has 0 saturated carbocycles. The van der Waals surface area contributed by atoms with Crippen molar-refractivity contribution in [1.29, 1.82) is 0 Å². The van der Waals surface area contributed by atoms with Gasteiger partial charge in [-0.15, -0.1) is 0 Å². The zero-order valence-electron chi connectivity index (χ0n) is 16.0. The summed E-state index contributed by atoms with van der Waals surface area (Å²) >= 11 is 0. The summed E-state index contributed by atoms with van der Waals surface area (Å²) < 4.78 is 7.42. The van der Waals surface area contributed by atoms with Gasteiger partial charge in [-0.25, -0.2) is 14.4 Å². The van der Waals surface area contributed by atoms with E-state index >= 15 is 0 Å². The zero-order chi connectivity index (χ0) is 22.5. The highest BCUT2D eigenvalue weighted by Crippen LogP contribution is 2.31. The number of ether oxygens (including phenoxy) is 1. The van der Waals surface area contributed by atoms with Crippen LogP contribution < -0.4 is 4.74 Å². The molecule has 30 heavy (non-hydrogen) atoms. The highest BCUT2D eigenvalue weighted by Gasteiger charge is 2.41. The van der Waals surface area contributed by atoms with E-state index in [4.69, 9.17) is 20.1 Å². The summed E-state index contributed by atoms with van der Waals surface area (Å²) in [6, 6.07) is 0.262. The van der Waals surface area contributed by atoms with Gasteiger partial charge in [0.05, 0.1) is 6.54 Å². The van der Waals surface area contributed by atoms with Crippen LogP contribution in [0, 0.1) is 10.1 Å². The first-order chi connectivity index (χ1) is 14.0. The van der Waals surface area contributed by atoms with Crippen molar-refractivity contribution in [3.05, 3.63) is 28.5 Å². The van der Waals surface area contributed by atoms with E-state index in [1.165, 1.54) is 11.1 Å². The first kappa shape index (κ1) is 22.6. The lowest BCUT2D eigenvalue weighted by atomic mass is 10.1. The number of rotatable bonds is 5. The Morgan fingerprint density at radius 1 is 1.20 bits per heavy atom. The van der Waals surface area contributed by atoms with Crippen molar-refractivity contribution in [3.63, 3.8) is 0 Å². The van der Waals surface area contributed by atoms with Crippen LogP contribution in [0.4, 0.5) is 10.6 Å². The molecule has 14 heteroatoms. The molecule has 1 unspecified atom stereocenters. The summed E-state index contributed by atoms with van der Waals surface area (Å²) in [7, 11) is 0. The number of carbonyl (C=O) groups is 3. The van der Waals surface area contributed by atoms with Crippen LogP contribution in [0.5, 0.6) is 6.01 Å². The third-order valence-corrected chi connectivity index (χ3v) is 4.33. The number of piperazine rings is 1. The van der Waals surface area contributed by atoms with Crippen LogP contribution in [0.25, 0.3) is 0 Å². The summed E-state index contributed by atoms with van der Waals surface area (Å²) in [4.78, 5) is 47.5. The largest absolute Gasteiger partial charge is 0.478 e. The van der Waals surface area contributed by atoms with Gasteiger partial charge in [0, 0.05) is 49.9 Å². The van der Waals surface area contributed by atoms with Crippen LogP contribution in [-0.2, 0) is 16.1 Å². The number of amides is 1. The third kappa shape index (κ3) is 6.16. The van der Waals surface area contributed by atoms with Crippen LogP contribution in [-0.4, -0.2) is 96.0 Å². The zero-order valence-corrected chi connectivity index (χ0v) is 16.0. The molecule has 1 fully saturated rings. The number of aliphatic carboxylic acids is 2. The minimum atomic E-state index is -1.26. The standard InChI is InChI=1S/C12H17N5O5.C4H4O4/c1-12(7-14-2-4-15(5-3-14)11(18)19)8-16-6-9(17(20)21)13-10(16)22-12;5-3(6)1-2-4(7)8/h6H,2-5,7-8H2,1H3,(H,18,19);1-2H,(H,5,6)(H,7,8). The van der Waals surface area contributed by atoms with Crippen LogP contribution >= 0.6 is 0 Å². The summed E-state index contributed by atoms with van der Waals surface area (Å²) in [5.41, 5.74) is -0.511. The minimum Gasteiger partial charge on any atom is -0.478 e. The molecule has 1 atom stereocenters. The molecule has 0 aliphatic carbocycles. The molecule has 3 rings (SSSR count). The second-order valence-corrected chi connectivity index (χ2v) is 6.87. The van der Waals surface area contributed by atoms with E-state index < -0.39 is 28.6 Å². The smallest absolute Gasteiger partial charge is 0.415 e. The van der Waals surface area contributed by atoms with Crippen molar-refractivity contribution < 1.29 is 39.4 Å². The minimum absolute atomic E-state index is 0.216. The van der Waals surface area contributed by atoms with E-state index in [-0.39, 0.29) is 11.8 Å². The van der Waals surface area contributed by atoms with E-state index in [1.807, 2.05) is 6.92 Å². The van der Waals surface area contributed by atoms with Crippen LogP contribution in [0.15, 0.2) is 18.3 Å². The third-order valence-electron chi connectivity index (χ3n) is 4.33. The molecule has 2 aliphatic heterocycles. The number of carboxylic acid groups (broad SMARTS) is 3. The maximum atomic E-state index is 10.9. The van der Waals surface area contributed by atoms with E-state index in [2.05, 4.69) is 9.88 Å². The van der Waals surface area contributed by atoms with Crippen molar-refractivity contribution in [2.75, 3.05) is 32.7 Å². The van der Waals surface area contributed by atoms with Gasteiger partial charge in [0.2, 0.25) is 0 Å². The Labute approximate surface area is 169 Å². The maximum absolute atomic E-state index is 10.9. The van der Waals surface area contributed by atoms with Gasteiger partial charge in [-0.3, -0.25) is 9.47 Å². The molecule has 1 saturated heterocycles. The van der Waals surface area contributed by atoms with Crippen molar-refractivity contribution >= 4 is 23.8 Å². The number of imidazole rings is 1. The summed E-state index contributed by atoms with van der Waals surface area (Å²) in [6.45, 7) is 5.28. The highest BCUT2D eigenvalue weighted by molar-refractivity contribution is 5.89. The number of nitrogens with zero attached hydrogens (tertiary/aromatic N) is 5. The normalized spacial score (nSPS) is 20.8. The average Bonchev–Trinajstić information content (AvgIpc) is 3.16. The monoisotopic (exact) mass is 427 g/mol. The second kappa shape index (κ2) is 9.21. The lowest BCUT2D eigenvalue weighted by Gasteiger charge is -2.36. The Bertz CT molecular complexity index is 818. The molecule has 2 aliphatic rings. The van der Waals surface area contributed by atoms with E-state index in [1.54, 1.807) is 4.57 Å². The number of nitro groups is 1. The summed E-state index contributed by atoms with van der Waals surface area (Å²) in [6.07, 6.45) is 1.60. The Morgan fingerprint density at radius 2 is 1.77 bits per heavy atom. The molecule has 0 radical (unpaired) electrons. The maximum Gasteiger partial charge on any atom is 0.415 e. The highest BCUT2D eigenvalue weighted by atomic mass is 16.6. The van der Waals surface area contributed by atoms with Crippen LogP contribution in [0.1, 0.15) is 6.92 Å². The molecule has 1 aromatic heterocycles. The van der Waals surface area contributed by atoms with Gasteiger partial charge in [-0.2, -0.15) is 0 Å². The van der Waals surface area contributed by atoms with Crippen molar-refractivity contribution in [3.8, 4) is 6.01 Å². The molecular weight excluding hydrogens is 406 g/mol. The van der Waals surface area contributed by atoms with Gasteiger partial charge in [0.25, 0.3) is 0 Å². The van der Waals surface area contributed by atoms with Crippen molar-refractivity contribution in [2.24, 2.45) is 0 Å².